The molecule has 1 saturated carbocycles. The number of hydrogen-bond acceptors (Lipinski definition) is 3. The van der Waals surface area contributed by atoms with E-state index >= 15 is 0 Å². The summed E-state index contributed by atoms with van der Waals surface area (Å²) in [4.78, 5) is 0. The van der Waals surface area contributed by atoms with Crippen molar-refractivity contribution in [2.75, 3.05) is 0 Å². The number of halogens is 2. The molecule has 0 radical (unpaired) electrons. The van der Waals surface area contributed by atoms with Crippen LogP contribution in [0.1, 0.15) is 13.3 Å². The van der Waals surface area contributed by atoms with Crippen molar-refractivity contribution in [3.05, 3.63) is 23.8 Å². The number of alkyl halides is 1. The number of fused-ring (bicyclic) bond motifs is 1. The van der Waals surface area contributed by atoms with Gasteiger partial charge >= 0.3 is 0 Å². The topological polar surface area (TPSA) is 43.6 Å². The van der Waals surface area contributed by atoms with E-state index in [4.69, 9.17) is 0 Å². The molecular formula is C9H8F2N4. The maximum absolute atomic E-state index is 14.2. The molecule has 0 aromatic carbocycles. The Hall–Kier alpha value is -1.59. The highest BCUT2D eigenvalue weighted by molar-refractivity contribution is 5.68. The van der Waals surface area contributed by atoms with E-state index in [1.165, 1.54) is 12.4 Å². The second-order valence-electron chi connectivity index (χ2n) is 3.96. The van der Waals surface area contributed by atoms with E-state index in [-0.39, 0.29) is 11.6 Å². The van der Waals surface area contributed by atoms with Crippen LogP contribution in [0.25, 0.3) is 5.70 Å². The molecule has 0 amide bonds. The fraction of sp³-hybridized carbons (Fsp3) is 0.444. The zero-order valence-corrected chi connectivity index (χ0v) is 7.98. The minimum atomic E-state index is -1.61. The van der Waals surface area contributed by atoms with Gasteiger partial charge in [0, 0.05) is 5.92 Å². The smallest absolute Gasteiger partial charge is 0.163 e. The standard InChI is InChI=1S/C9H8F2N4/c1-5-2-7(10)8(9(11)3-6(5)9)15-4-12-13-14-15/h2,4,6H,3H2,1H3. The van der Waals surface area contributed by atoms with Crippen molar-refractivity contribution >= 4 is 5.70 Å². The Morgan fingerprint density at radius 1 is 1.60 bits per heavy atom. The Bertz CT molecular complexity index is 476. The second-order valence-corrected chi connectivity index (χ2v) is 3.96. The second kappa shape index (κ2) is 2.50. The van der Waals surface area contributed by atoms with Gasteiger partial charge in [-0.1, -0.05) is 5.57 Å². The Morgan fingerprint density at radius 2 is 2.40 bits per heavy atom. The van der Waals surface area contributed by atoms with Crippen molar-refractivity contribution in [2.45, 2.75) is 19.0 Å². The van der Waals surface area contributed by atoms with Gasteiger partial charge in [0.25, 0.3) is 0 Å². The molecule has 4 nitrogen and oxygen atoms in total. The molecule has 0 saturated heterocycles. The van der Waals surface area contributed by atoms with E-state index < -0.39 is 11.5 Å². The first-order valence-corrected chi connectivity index (χ1v) is 4.63. The van der Waals surface area contributed by atoms with E-state index in [9.17, 15) is 8.78 Å². The van der Waals surface area contributed by atoms with Gasteiger partial charge in [-0.2, -0.15) is 4.68 Å². The molecular weight excluding hydrogens is 202 g/mol. The summed E-state index contributed by atoms with van der Waals surface area (Å²) in [6.07, 6.45) is 2.88. The molecule has 0 aliphatic heterocycles. The molecule has 15 heavy (non-hydrogen) atoms. The van der Waals surface area contributed by atoms with Gasteiger partial charge in [-0.25, -0.2) is 8.78 Å². The predicted molar refractivity (Wildman–Crippen MR) is 47.8 cm³/mol. The van der Waals surface area contributed by atoms with Crippen molar-refractivity contribution < 1.29 is 8.78 Å². The number of rotatable bonds is 1. The third-order valence-electron chi connectivity index (χ3n) is 3.00. The van der Waals surface area contributed by atoms with Gasteiger partial charge in [0.05, 0.1) is 0 Å². The fourth-order valence-electron chi connectivity index (χ4n) is 2.15. The molecule has 1 aromatic rings. The molecule has 2 aliphatic carbocycles. The van der Waals surface area contributed by atoms with Gasteiger partial charge < -0.3 is 0 Å². The average molecular weight is 210 g/mol. The summed E-state index contributed by atoms with van der Waals surface area (Å²) in [5, 5.41) is 10.3. The number of nitrogens with zero attached hydrogens (tertiary/aromatic N) is 4. The Labute approximate surface area is 84.3 Å². The minimum absolute atomic E-state index is 0.0666. The fourth-order valence-corrected chi connectivity index (χ4v) is 2.15. The molecule has 2 unspecified atom stereocenters. The van der Waals surface area contributed by atoms with Crippen molar-refractivity contribution in [1.29, 1.82) is 0 Å². The minimum Gasteiger partial charge on any atom is -0.236 e. The summed E-state index contributed by atoms with van der Waals surface area (Å²) in [6.45, 7) is 1.74. The monoisotopic (exact) mass is 210 g/mol. The van der Waals surface area contributed by atoms with Crippen molar-refractivity contribution in [2.24, 2.45) is 5.92 Å². The Morgan fingerprint density at radius 3 is 3.07 bits per heavy atom. The maximum Gasteiger partial charge on any atom is 0.163 e. The van der Waals surface area contributed by atoms with Crippen LogP contribution in [0.5, 0.6) is 0 Å². The van der Waals surface area contributed by atoms with Gasteiger partial charge in [0.15, 0.2) is 5.67 Å². The molecule has 2 aliphatic rings. The van der Waals surface area contributed by atoms with Crippen LogP contribution in [0.15, 0.2) is 23.8 Å². The molecule has 0 N–H and O–H groups in total. The molecule has 0 bridgehead atoms. The first-order chi connectivity index (χ1) is 7.13. The average Bonchev–Trinajstić information content (AvgIpc) is 2.61. The van der Waals surface area contributed by atoms with Gasteiger partial charge in [0.2, 0.25) is 0 Å². The quantitative estimate of drug-likeness (QED) is 0.705. The third kappa shape index (κ3) is 1.01. The zero-order chi connectivity index (χ0) is 10.6. The van der Waals surface area contributed by atoms with Gasteiger partial charge in [0.1, 0.15) is 17.9 Å². The van der Waals surface area contributed by atoms with E-state index in [1.807, 2.05) is 0 Å². The largest absolute Gasteiger partial charge is 0.236 e. The van der Waals surface area contributed by atoms with Crippen LogP contribution in [0.2, 0.25) is 0 Å². The molecule has 1 aromatic heterocycles. The number of tetrazole rings is 1. The van der Waals surface area contributed by atoms with Gasteiger partial charge in [-0.3, -0.25) is 0 Å². The highest BCUT2D eigenvalue weighted by atomic mass is 19.2. The lowest BCUT2D eigenvalue weighted by molar-refractivity contribution is 0.348. The normalized spacial score (nSPS) is 33.8. The van der Waals surface area contributed by atoms with Gasteiger partial charge in [-0.05, 0) is 29.8 Å². The number of hydrogen-bond donors (Lipinski definition) is 0. The summed E-state index contributed by atoms with van der Waals surface area (Å²) < 4.78 is 28.9. The van der Waals surface area contributed by atoms with E-state index in [2.05, 4.69) is 15.5 Å². The SMILES string of the molecule is CC1=CC(F)=C(n2cnnn2)C2(F)CC12. The van der Waals surface area contributed by atoms with Crippen LogP contribution >= 0.6 is 0 Å². The van der Waals surface area contributed by atoms with Crippen molar-refractivity contribution in [1.82, 2.24) is 20.2 Å². The Balaban J connectivity index is 2.17. The number of allylic oxidation sites excluding steroid dienone is 4. The van der Waals surface area contributed by atoms with E-state index in [1.54, 1.807) is 6.92 Å². The molecule has 78 valence electrons. The van der Waals surface area contributed by atoms with Gasteiger partial charge in [-0.15, -0.1) is 5.10 Å². The Kier molecular flexibility index (Phi) is 1.45. The molecule has 1 fully saturated rings. The van der Waals surface area contributed by atoms with Crippen LogP contribution in [0.3, 0.4) is 0 Å². The lowest BCUT2D eigenvalue weighted by atomic mass is 10.0. The summed E-state index contributed by atoms with van der Waals surface area (Å²) in [5.41, 5.74) is -0.937. The molecule has 2 atom stereocenters. The summed E-state index contributed by atoms with van der Waals surface area (Å²) in [6, 6.07) is 0. The van der Waals surface area contributed by atoms with Crippen LogP contribution in [0, 0.1) is 5.92 Å². The van der Waals surface area contributed by atoms with Crippen LogP contribution < -0.4 is 0 Å². The van der Waals surface area contributed by atoms with Crippen LogP contribution in [0.4, 0.5) is 8.78 Å². The first-order valence-electron chi connectivity index (χ1n) is 4.63. The maximum atomic E-state index is 14.2. The molecule has 1 heterocycles. The highest BCUT2D eigenvalue weighted by Crippen LogP contribution is 2.60. The zero-order valence-electron chi connectivity index (χ0n) is 7.98. The summed E-state index contributed by atoms with van der Waals surface area (Å²) >= 11 is 0. The summed E-state index contributed by atoms with van der Waals surface area (Å²) in [5.74, 6) is -0.799. The predicted octanol–water partition coefficient (Wildman–Crippen LogP) is 1.50. The van der Waals surface area contributed by atoms with Crippen LogP contribution in [-0.2, 0) is 0 Å². The van der Waals surface area contributed by atoms with E-state index in [0.29, 0.717) is 6.42 Å². The lowest BCUT2D eigenvalue weighted by Gasteiger charge is -2.16. The van der Waals surface area contributed by atoms with Crippen LogP contribution in [-0.4, -0.2) is 25.9 Å². The van der Waals surface area contributed by atoms with Crippen molar-refractivity contribution in [3.8, 4) is 0 Å². The van der Waals surface area contributed by atoms with E-state index in [0.717, 1.165) is 10.3 Å². The van der Waals surface area contributed by atoms with Crippen molar-refractivity contribution in [3.63, 3.8) is 0 Å². The highest BCUT2D eigenvalue weighted by Gasteiger charge is 2.62. The summed E-state index contributed by atoms with van der Waals surface area (Å²) in [7, 11) is 0. The lowest BCUT2D eigenvalue weighted by Crippen LogP contribution is -2.19. The molecule has 3 rings (SSSR count). The third-order valence-corrected chi connectivity index (χ3v) is 3.00. The number of aromatic nitrogens is 4. The first kappa shape index (κ1) is 8.70. The molecule has 6 heteroatoms. The molecule has 0 spiro atoms.